The molecule has 0 saturated heterocycles. The van der Waals surface area contributed by atoms with Gasteiger partial charge in [-0.25, -0.2) is 0 Å². The van der Waals surface area contributed by atoms with E-state index in [0.29, 0.717) is 11.1 Å². The summed E-state index contributed by atoms with van der Waals surface area (Å²) in [7, 11) is 0. The first-order chi connectivity index (χ1) is 14.8. The molecule has 0 aliphatic heterocycles. The Morgan fingerprint density at radius 1 is 0.710 bits per heavy atom. The third-order valence-corrected chi connectivity index (χ3v) is 4.28. The Morgan fingerprint density at radius 3 is 1.74 bits per heavy atom. The van der Waals surface area contributed by atoms with Gasteiger partial charge in [0.25, 0.3) is 17.3 Å². The average molecular weight is 417 g/mol. The molecule has 9 heteroatoms. The summed E-state index contributed by atoms with van der Waals surface area (Å²) in [6.45, 7) is 0. The number of hydrogen-bond donors (Lipinski definition) is 1. The summed E-state index contributed by atoms with van der Waals surface area (Å²) in [5.41, 5.74) is 0.597. The zero-order valence-electron chi connectivity index (χ0n) is 15.9. The Kier molecular flexibility index (Phi) is 6.27. The number of nitro benzene ring substituents is 2. The number of ketones is 1. The fourth-order valence-electron chi connectivity index (χ4n) is 2.69. The van der Waals surface area contributed by atoms with Gasteiger partial charge in [0.05, 0.1) is 15.5 Å². The van der Waals surface area contributed by atoms with E-state index in [1.807, 2.05) is 0 Å². The summed E-state index contributed by atoms with van der Waals surface area (Å²) in [4.78, 5) is 46.1. The van der Waals surface area contributed by atoms with Crippen LogP contribution in [-0.2, 0) is 0 Å². The van der Waals surface area contributed by atoms with Crippen LogP contribution in [0.5, 0.6) is 0 Å². The maximum atomic E-state index is 13.0. The van der Waals surface area contributed by atoms with Crippen molar-refractivity contribution in [2.75, 3.05) is 0 Å². The zero-order chi connectivity index (χ0) is 22.4. The number of nitro groups is 2. The monoisotopic (exact) mass is 417 g/mol. The van der Waals surface area contributed by atoms with Crippen LogP contribution in [0.25, 0.3) is 6.08 Å². The normalized spacial score (nSPS) is 10.9. The number of allylic oxidation sites excluding steroid dienone is 1. The van der Waals surface area contributed by atoms with Gasteiger partial charge in [0.2, 0.25) is 5.78 Å². The number of carbonyl (C=O) groups excluding carboxylic acids is 2. The summed E-state index contributed by atoms with van der Waals surface area (Å²) in [5.74, 6) is -1.10. The third kappa shape index (κ3) is 5.24. The molecule has 9 nitrogen and oxygen atoms in total. The van der Waals surface area contributed by atoms with Gasteiger partial charge in [-0.15, -0.1) is 0 Å². The lowest BCUT2D eigenvalue weighted by Crippen LogP contribution is -2.27. The summed E-state index contributed by atoms with van der Waals surface area (Å²) in [6.07, 6.45) is 1.41. The molecule has 3 rings (SSSR count). The van der Waals surface area contributed by atoms with Crippen LogP contribution in [0.15, 0.2) is 84.6 Å². The molecule has 3 aromatic rings. The van der Waals surface area contributed by atoms with Crippen LogP contribution < -0.4 is 5.32 Å². The molecule has 3 aromatic carbocycles. The number of amides is 1. The molecular formula is C22H15N3O6. The molecule has 0 bridgehead atoms. The van der Waals surface area contributed by atoms with Gasteiger partial charge in [0, 0.05) is 35.4 Å². The average Bonchev–Trinajstić information content (AvgIpc) is 2.79. The molecule has 154 valence electrons. The fraction of sp³-hybridized carbons (Fsp3) is 0. The Labute approximate surface area is 175 Å². The topological polar surface area (TPSA) is 132 Å². The van der Waals surface area contributed by atoms with Gasteiger partial charge in [-0.2, -0.15) is 0 Å². The van der Waals surface area contributed by atoms with Crippen LogP contribution in [0.4, 0.5) is 11.4 Å². The summed E-state index contributed by atoms with van der Waals surface area (Å²) in [5, 5.41) is 24.2. The zero-order valence-corrected chi connectivity index (χ0v) is 15.9. The fourth-order valence-corrected chi connectivity index (χ4v) is 2.69. The van der Waals surface area contributed by atoms with Crippen molar-refractivity contribution < 1.29 is 19.4 Å². The van der Waals surface area contributed by atoms with Gasteiger partial charge in [-0.05, 0) is 35.9 Å². The number of Topliss-reactive ketones (excluding diaryl/α,β-unsaturated/α-hetero) is 1. The number of hydrogen-bond acceptors (Lipinski definition) is 6. The van der Waals surface area contributed by atoms with E-state index in [-0.39, 0.29) is 22.6 Å². The van der Waals surface area contributed by atoms with Crippen molar-refractivity contribution in [2.45, 2.75) is 0 Å². The second-order valence-electron chi connectivity index (χ2n) is 6.36. The predicted molar refractivity (Wildman–Crippen MR) is 112 cm³/mol. The number of benzene rings is 3. The van der Waals surface area contributed by atoms with Crippen LogP contribution in [0.1, 0.15) is 26.3 Å². The van der Waals surface area contributed by atoms with Gasteiger partial charge in [-0.3, -0.25) is 29.8 Å². The van der Waals surface area contributed by atoms with Gasteiger partial charge in [-0.1, -0.05) is 30.3 Å². The number of non-ortho nitro benzene ring substituents is 2. The summed E-state index contributed by atoms with van der Waals surface area (Å²) in [6, 6.07) is 18.7. The highest BCUT2D eigenvalue weighted by molar-refractivity contribution is 6.14. The maximum absolute atomic E-state index is 13.0. The minimum atomic E-state index is -0.632. The van der Waals surface area contributed by atoms with E-state index in [4.69, 9.17) is 0 Å². The van der Waals surface area contributed by atoms with Crippen molar-refractivity contribution in [1.29, 1.82) is 0 Å². The second kappa shape index (κ2) is 9.23. The van der Waals surface area contributed by atoms with Crippen molar-refractivity contribution in [1.82, 2.24) is 5.32 Å². The largest absolute Gasteiger partial charge is 0.319 e. The van der Waals surface area contributed by atoms with Crippen LogP contribution in [0.2, 0.25) is 0 Å². The molecule has 0 spiro atoms. The SMILES string of the molecule is O=C(N/C(=C/c1ccc([N+](=O)[O-])cc1)C(=O)c1ccccc1)c1ccc([N+](=O)[O-])cc1. The highest BCUT2D eigenvalue weighted by Gasteiger charge is 2.17. The van der Waals surface area contributed by atoms with E-state index in [2.05, 4.69) is 5.32 Å². The van der Waals surface area contributed by atoms with Gasteiger partial charge >= 0.3 is 0 Å². The van der Waals surface area contributed by atoms with Crippen LogP contribution in [-0.4, -0.2) is 21.5 Å². The molecular weight excluding hydrogens is 402 g/mol. The first-order valence-electron chi connectivity index (χ1n) is 8.97. The smallest absolute Gasteiger partial charge is 0.269 e. The van der Waals surface area contributed by atoms with Crippen LogP contribution in [0.3, 0.4) is 0 Å². The minimum absolute atomic E-state index is 0.0524. The van der Waals surface area contributed by atoms with Crippen molar-refractivity contribution >= 4 is 29.1 Å². The molecule has 0 radical (unpaired) electrons. The van der Waals surface area contributed by atoms with Crippen LogP contribution >= 0.6 is 0 Å². The molecule has 0 aliphatic carbocycles. The molecule has 0 atom stereocenters. The Balaban J connectivity index is 1.93. The van der Waals surface area contributed by atoms with E-state index < -0.39 is 21.5 Å². The van der Waals surface area contributed by atoms with E-state index in [1.165, 1.54) is 54.6 Å². The standard InChI is InChI=1S/C22H15N3O6/c26-21(16-4-2-1-3-5-16)20(14-15-6-10-18(11-7-15)24(28)29)23-22(27)17-8-12-19(13-9-17)25(30)31/h1-14H,(H,23,27)/b20-14+. The van der Waals surface area contributed by atoms with E-state index in [1.54, 1.807) is 30.3 Å². The first-order valence-corrected chi connectivity index (χ1v) is 8.97. The van der Waals surface area contributed by atoms with Gasteiger partial charge < -0.3 is 5.32 Å². The Morgan fingerprint density at radius 2 is 1.23 bits per heavy atom. The van der Waals surface area contributed by atoms with Crippen molar-refractivity contribution in [3.05, 3.63) is 121 Å². The highest BCUT2D eigenvalue weighted by atomic mass is 16.6. The highest BCUT2D eigenvalue weighted by Crippen LogP contribution is 2.17. The van der Waals surface area contributed by atoms with Gasteiger partial charge in [0.1, 0.15) is 0 Å². The quantitative estimate of drug-likeness (QED) is 0.266. The lowest BCUT2D eigenvalue weighted by atomic mass is 10.0. The Hall–Kier alpha value is -4.66. The summed E-state index contributed by atoms with van der Waals surface area (Å²) >= 11 is 0. The number of carbonyl (C=O) groups is 2. The van der Waals surface area contributed by atoms with Crippen molar-refractivity contribution in [3.8, 4) is 0 Å². The van der Waals surface area contributed by atoms with Crippen molar-refractivity contribution in [3.63, 3.8) is 0 Å². The molecule has 31 heavy (non-hydrogen) atoms. The first kappa shape index (κ1) is 21.1. The van der Waals surface area contributed by atoms with E-state index >= 15 is 0 Å². The Bertz CT molecular complexity index is 1170. The van der Waals surface area contributed by atoms with Crippen LogP contribution in [0, 0.1) is 20.2 Å². The van der Waals surface area contributed by atoms with E-state index in [0.717, 1.165) is 0 Å². The van der Waals surface area contributed by atoms with Crippen molar-refractivity contribution in [2.24, 2.45) is 0 Å². The molecule has 0 heterocycles. The molecule has 0 fully saturated rings. The maximum Gasteiger partial charge on any atom is 0.269 e. The number of rotatable bonds is 7. The lowest BCUT2D eigenvalue weighted by Gasteiger charge is -2.10. The summed E-state index contributed by atoms with van der Waals surface area (Å²) < 4.78 is 0. The van der Waals surface area contributed by atoms with E-state index in [9.17, 15) is 29.8 Å². The lowest BCUT2D eigenvalue weighted by molar-refractivity contribution is -0.385. The molecule has 0 aromatic heterocycles. The predicted octanol–water partition coefficient (Wildman–Crippen LogP) is 4.16. The van der Waals surface area contributed by atoms with Gasteiger partial charge in [0.15, 0.2) is 0 Å². The molecule has 0 unspecified atom stereocenters. The number of nitrogens with one attached hydrogen (secondary N) is 1. The molecule has 0 saturated carbocycles. The molecule has 0 aliphatic rings. The minimum Gasteiger partial charge on any atom is -0.319 e. The number of nitrogens with zero attached hydrogens (tertiary/aromatic N) is 2. The molecule has 1 N–H and O–H groups in total. The second-order valence-corrected chi connectivity index (χ2v) is 6.36. The molecule has 1 amide bonds. The third-order valence-electron chi connectivity index (χ3n) is 4.28.